The number of carbonyl (C=O) groups excluding carboxylic acids is 1. The lowest BCUT2D eigenvalue weighted by Crippen LogP contribution is -2.42. The van der Waals surface area contributed by atoms with Crippen LogP contribution in [-0.2, 0) is 14.9 Å². The molecule has 1 unspecified atom stereocenters. The summed E-state index contributed by atoms with van der Waals surface area (Å²) in [6.45, 7) is 3.56. The molecule has 3 aromatic rings. The van der Waals surface area contributed by atoms with Crippen molar-refractivity contribution in [1.29, 1.82) is 0 Å². The van der Waals surface area contributed by atoms with E-state index in [0.29, 0.717) is 22.6 Å². The monoisotopic (exact) mass is 496 g/mol. The first-order chi connectivity index (χ1) is 16.8. The summed E-state index contributed by atoms with van der Waals surface area (Å²) >= 11 is 0. The van der Waals surface area contributed by atoms with Gasteiger partial charge in [-0.25, -0.2) is 5.43 Å². The maximum Gasteiger partial charge on any atom is 0.339 e. The maximum absolute atomic E-state index is 12.8. The third-order valence-electron chi connectivity index (χ3n) is 5.19. The number of nitrogens with zero attached hydrogens (tertiary/aromatic N) is 1. The molecule has 0 bridgehead atoms. The van der Waals surface area contributed by atoms with E-state index in [1.807, 2.05) is 12.1 Å². The number of rotatable bonds is 7. The SMILES string of the molecule is COc1cc(/C=N/NC(=O)C2COc3ccccc3O2)ccc1OS(=O)(=O)c1cc(C)ccc1C. The second-order valence-electron chi connectivity index (χ2n) is 7.82. The van der Waals surface area contributed by atoms with E-state index in [4.69, 9.17) is 18.4 Å². The molecular weight excluding hydrogens is 472 g/mol. The topological polar surface area (TPSA) is 113 Å². The number of methoxy groups -OCH3 is 1. The zero-order valence-corrected chi connectivity index (χ0v) is 20.2. The number of ether oxygens (including phenoxy) is 3. The molecule has 182 valence electrons. The largest absolute Gasteiger partial charge is 0.493 e. The second-order valence-corrected chi connectivity index (χ2v) is 9.33. The molecule has 35 heavy (non-hydrogen) atoms. The molecule has 1 atom stereocenters. The van der Waals surface area contributed by atoms with E-state index in [1.165, 1.54) is 19.4 Å². The van der Waals surface area contributed by atoms with Crippen LogP contribution in [0.5, 0.6) is 23.0 Å². The minimum absolute atomic E-state index is 0.0287. The summed E-state index contributed by atoms with van der Waals surface area (Å²) in [5.41, 5.74) is 4.33. The molecule has 0 saturated carbocycles. The Morgan fingerprint density at radius 1 is 1.06 bits per heavy atom. The van der Waals surface area contributed by atoms with Crippen LogP contribution in [0.3, 0.4) is 0 Å². The number of hydrazone groups is 1. The number of para-hydroxylation sites is 2. The zero-order chi connectivity index (χ0) is 25.0. The first-order valence-corrected chi connectivity index (χ1v) is 12.1. The molecule has 9 nitrogen and oxygen atoms in total. The Labute approximate surface area is 203 Å². The molecule has 1 aliphatic heterocycles. The lowest BCUT2D eigenvalue weighted by molar-refractivity contribution is -0.130. The van der Waals surface area contributed by atoms with Gasteiger partial charge in [0.25, 0.3) is 5.91 Å². The van der Waals surface area contributed by atoms with Gasteiger partial charge in [-0.15, -0.1) is 0 Å². The van der Waals surface area contributed by atoms with Gasteiger partial charge in [0.2, 0.25) is 6.10 Å². The molecule has 1 N–H and O–H groups in total. The van der Waals surface area contributed by atoms with Gasteiger partial charge >= 0.3 is 10.1 Å². The standard InChI is InChI=1S/C25H24N2O7S/c1-16-8-9-17(2)24(12-16)35(29,30)34-21-11-10-18(13-22(21)31-3)14-26-27-25(28)23-15-32-19-6-4-5-7-20(19)33-23/h4-14,23H,15H2,1-3H3,(H,27,28)/b26-14+. The number of amides is 1. The highest BCUT2D eigenvalue weighted by molar-refractivity contribution is 7.87. The van der Waals surface area contributed by atoms with Crippen molar-refractivity contribution in [2.24, 2.45) is 5.10 Å². The summed E-state index contributed by atoms with van der Waals surface area (Å²) in [4.78, 5) is 12.5. The smallest absolute Gasteiger partial charge is 0.339 e. The lowest BCUT2D eigenvalue weighted by atomic mass is 10.2. The van der Waals surface area contributed by atoms with Crippen molar-refractivity contribution in [2.45, 2.75) is 24.8 Å². The molecular formula is C25H24N2O7S. The molecule has 3 aromatic carbocycles. The van der Waals surface area contributed by atoms with Gasteiger partial charge in [-0.2, -0.15) is 13.5 Å². The van der Waals surface area contributed by atoms with E-state index in [2.05, 4.69) is 10.5 Å². The number of hydrogen-bond donors (Lipinski definition) is 1. The van der Waals surface area contributed by atoms with E-state index in [1.54, 1.807) is 56.3 Å². The summed E-state index contributed by atoms with van der Waals surface area (Å²) in [5.74, 6) is 0.811. The highest BCUT2D eigenvalue weighted by Crippen LogP contribution is 2.32. The minimum atomic E-state index is -4.07. The Morgan fingerprint density at radius 2 is 1.83 bits per heavy atom. The minimum Gasteiger partial charge on any atom is -0.493 e. The molecule has 4 rings (SSSR count). The van der Waals surface area contributed by atoms with E-state index in [-0.39, 0.29) is 23.0 Å². The van der Waals surface area contributed by atoms with Crippen LogP contribution < -0.4 is 23.8 Å². The molecule has 0 saturated heterocycles. The third kappa shape index (κ3) is 5.55. The zero-order valence-electron chi connectivity index (χ0n) is 19.3. The molecule has 1 amide bonds. The molecule has 0 radical (unpaired) electrons. The highest BCUT2D eigenvalue weighted by atomic mass is 32.2. The number of aryl methyl sites for hydroxylation is 2. The van der Waals surface area contributed by atoms with Gasteiger partial charge in [0.05, 0.1) is 13.3 Å². The number of fused-ring (bicyclic) bond motifs is 1. The molecule has 0 spiro atoms. The summed E-state index contributed by atoms with van der Waals surface area (Å²) in [6, 6.07) is 16.8. The Morgan fingerprint density at radius 3 is 2.60 bits per heavy atom. The highest BCUT2D eigenvalue weighted by Gasteiger charge is 2.27. The predicted octanol–water partition coefficient (Wildman–Crippen LogP) is 3.37. The average Bonchev–Trinajstić information content (AvgIpc) is 2.85. The van der Waals surface area contributed by atoms with Crippen LogP contribution in [0, 0.1) is 13.8 Å². The summed E-state index contributed by atoms with van der Waals surface area (Å²) < 4.78 is 47.5. The average molecular weight is 497 g/mol. The fraction of sp³-hybridized carbons (Fsp3) is 0.200. The summed E-state index contributed by atoms with van der Waals surface area (Å²) in [6.07, 6.45) is 0.545. The van der Waals surface area contributed by atoms with Crippen LogP contribution in [0.15, 0.2) is 70.7 Å². The van der Waals surface area contributed by atoms with Gasteiger partial charge in [-0.1, -0.05) is 24.3 Å². The van der Waals surface area contributed by atoms with Gasteiger partial charge in [-0.3, -0.25) is 4.79 Å². The van der Waals surface area contributed by atoms with Crippen LogP contribution >= 0.6 is 0 Å². The van der Waals surface area contributed by atoms with Crippen LogP contribution in [0.1, 0.15) is 16.7 Å². The second kappa shape index (κ2) is 10.1. The Balaban J connectivity index is 1.43. The predicted molar refractivity (Wildman–Crippen MR) is 129 cm³/mol. The Hall–Kier alpha value is -4.05. The molecule has 0 fully saturated rings. The Kier molecular flexibility index (Phi) is 6.92. The molecule has 0 aromatic heterocycles. The fourth-order valence-corrected chi connectivity index (χ4v) is 4.62. The maximum atomic E-state index is 12.8. The van der Waals surface area contributed by atoms with Crippen LogP contribution in [0.4, 0.5) is 0 Å². The van der Waals surface area contributed by atoms with E-state index >= 15 is 0 Å². The van der Waals surface area contributed by atoms with Gasteiger partial charge in [0, 0.05) is 0 Å². The molecule has 1 aliphatic rings. The number of hydrogen-bond acceptors (Lipinski definition) is 8. The van der Waals surface area contributed by atoms with Crippen molar-refractivity contribution in [1.82, 2.24) is 5.43 Å². The van der Waals surface area contributed by atoms with Gasteiger partial charge in [0.15, 0.2) is 23.0 Å². The fourth-order valence-electron chi connectivity index (χ4n) is 3.36. The van der Waals surface area contributed by atoms with E-state index in [0.717, 1.165) is 5.56 Å². The van der Waals surface area contributed by atoms with Crippen LogP contribution in [-0.4, -0.2) is 40.4 Å². The lowest BCUT2D eigenvalue weighted by Gasteiger charge is -2.24. The van der Waals surface area contributed by atoms with Crippen LogP contribution in [0.25, 0.3) is 0 Å². The first kappa shape index (κ1) is 24.1. The number of nitrogens with one attached hydrogen (secondary N) is 1. The van der Waals surface area contributed by atoms with Crippen molar-refractivity contribution in [3.05, 3.63) is 77.4 Å². The first-order valence-electron chi connectivity index (χ1n) is 10.7. The quantitative estimate of drug-likeness (QED) is 0.303. The van der Waals surface area contributed by atoms with E-state index < -0.39 is 22.1 Å². The van der Waals surface area contributed by atoms with Crippen molar-refractivity contribution >= 4 is 22.2 Å². The molecule has 10 heteroatoms. The molecule has 1 heterocycles. The van der Waals surface area contributed by atoms with Crippen molar-refractivity contribution in [3.8, 4) is 23.0 Å². The van der Waals surface area contributed by atoms with Crippen molar-refractivity contribution < 1.29 is 31.6 Å². The number of benzene rings is 3. The molecule has 0 aliphatic carbocycles. The normalized spacial score (nSPS) is 15.0. The van der Waals surface area contributed by atoms with Gasteiger partial charge in [-0.05, 0) is 66.9 Å². The summed E-state index contributed by atoms with van der Waals surface area (Å²) in [5, 5.41) is 3.95. The van der Waals surface area contributed by atoms with Crippen molar-refractivity contribution in [3.63, 3.8) is 0 Å². The van der Waals surface area contributed by atoms with Gasteiger partial charge in [0.1, 0.15) is 11.5 Å². The van der Waals surface area contributed by atoms with Crippen molar-refractivity contribution in [2.75, 3.05) is 13.7 Å². The Bertz CT molecular complexity index is 1390. The summed E-state index contributed by atoms with van der Waals surface area (Å²) in [7, 11) is -2.67. The third-order valence-corrected chi connectivity index (χ3v) is 6.57. The van der Waals surface area contributed by atoms with E-state index in [9.17, 15) is 13.2 Å². The van der Waals surface area contributed by atoms with Crippen LogP contribution in [0.2, 0.25) is 0 Å². The van der Waals surface area contributed by atoms with Gasteiger partial charge < -0.3 is 18.4 Å². The number of carbonyl (C=O) groups is 1.